The highest BCUT2D eigenvalue weighted by molar-refractivity contribution is 6.63. The molecular formula is C27H38BNO5. The third-order valence-electron chi connectivity index (χ3n) is 6.19. The van der Waals surface area contributed by atoms with Gasteiger partial charge in [0.25, 0.3) is 0 Å². The molecule has 0 saturated carbocycles. The summed E-state index contributed by atoms with van der Waals surface area (Å²) < 4.78 is 24.2. The van der Waals surface area contributed by atoms with E-state index in [1.165, 1.54) is 0 Å². The number of carbonyl (C=O) groups is 1. The summed E-state index contributed by atoms with van der Waals surface area (Å²) >= 11 is 0. The summed E-state index contributed by atoms with van der Waals surface area (Å²) in [7, 11) is -0.544. The monoisotopic (exact) mass is 467 g/mol. The molecule has 0 aliphatic carbocycles. The van der Waals surface area contributed by atoms with Gasteiger partial charge < -0.3 is 24.1 Å². The molecule has 1 aliphatic rings. The van der Waals surface area contributed by atoms with Crippen molar-refractivity contribution in [1.29, 1.82) is 0 Å². The number of esters is 1. The molecule has 7 heteroatoms. The molecule has 1 N–H and O–H groups in total. The van der Waals surface area contributed by atoms with E-state index in [4.69, 9.17) is 18.8 Å². The first kappa shape index (κ1) is 26.3. The number of nitrogens with one attached hydrogen (secondary N) is 1. The summed E-state index contributed by atoms with van der Waals surface area (Å²) in [6.07, 6.45) is 0. The van der Waals surface area contributed by atoms with E-state index in [0.29, 0.717) is 18.9 Å². The van der Waals surface area contributed by atoms with Crippen LogP contribution in [0.2, 0.25) is 0 Å². The van der Waals surface area contributed by atoms with E-state index in [1.807, 2.05) is 78.8 Å². The zero-order valence-electron chi connectivity index (χ0n) is 21.7. The fourth-order valence-corrected chi connectivity index (χ4v) is 3.55. The fourth-order valence-electron chi connectivity index (χ4n) is 3.55. The zero-order chi connectivity index (χ0) is 25.1. The lowest BCUT2D eigenvalue weighted by atomic mass is 9.77. The van der Waals surface area contributed by atoms with Crippen molar-refractivity contribution in [2.45, 2.75) is 78.2 Å². The molecule has 1 atom stereocenters. The molecule has 0 bridgehead atoms. The lowest BCUT2D eigenvalue weighted by Crippen LogP contribution is -2.41. The third kappa shape index (κ3) is 6.41. The van der Waals surface area contributed by atoms with Gasteiger partial charge in [-0.05, 0) is 72.6 Å². The largest absolute Gasteiger partial charge is 0.498 e. The van der Waals surface area contributed by atoms with E-state index < -0.39 is 30.0 Å². The van der Waals surface area contributed by atoms with Crippen LogP contribution >= 0.6 is 0 Å². The van der Waals surface area contributed by atoms with Crippen LogP contribution in [0.1, 0.15) is 55.4 Å². The first-order valence-electron chi connectivity index (χ1n) is 11.9. The number of hydrogen-bond donors (Lipinski definition) is 1. The molecule has 1 fully saturated rings. The second kappa shape index (κ2) is 10.1. The smallest absolute Gasteiger partial charge is 0.493 e. The van der Waals surface area contributed by atoms with Crippen LogP contribution in [0.4, 0.5) is 0 Å². The molecule has 34 heavy (non-hydrogen) atoms. The Balaban J connectivity index is 1.73. The molecule has 0 spiro atoms. The molecule has 184 valence electrons. The zero-order valence-corrected chi connectivity index (χ0v) is 21.7. The molecule has 0 amide bonds. The van der Waals surface area contributed by atoms with Crippen molar-refractivity contribution in [3.8, 4) is 16.9 Å². The van der Waals surface area contributed by atoms with Crippen molar-refractivity contribution in [3.63, 3.8) is 0 Å². The number of carbonyl (C=O) groups excluding carboxylic acids is 1. The van der Waals surface area contributed by atoms with Crippen LogP contribution in [-0.2, 0) is 18.8 Å². The minimum atomic E-state index is -0.544. The second-order valence-corrected chi connectivity index (χ2v) is 10.8. The lowest BCUT2D eigenvalue weighted by molar-refractivity contribution is -0.156. The normalized spacial score (nSPS) is 17.9. The summed E-state index contributed by atoms with van der Waals surface area (Å²) in [5.41, 5.74) is 1.60. The summed E-state index contributed by atoms with van der Waals surface area (Å²) in [6.45, 7) is 16.4. The Bertz CT molecular complexity index is 968. The van der Waals surface area contributed by atoms with Gasteiger partial charge in [-0.15, -0.1) is 0 Å². The SMILES string of the molecule is CC(NCCOc1ccc(-c2ccccc2)cc1B1OC(C)(C)C(C)(C)O1)C(=O)OC(C)(C)C. The number of hydrogen-bond acceptors (Lipinski definition) is 6. The predicted molar refractivity (Wildman–Crippen MR) is 136 cm³/mol. The van der Waals surface area contributed by atoms with Gasteiger partial charge in [-0.1, -0.05) is 42.5 Å². The molecule has 2 aromatic carbocycles. The van der Waals surface area contributed by atoms with E-state index in [2.05, 4.69) is 23.5 Å². The van der Waals surface area contributed by atoms with Crippen molar-refractivity contribution >= 4 is 18.6 Å². The highest BCUT2D eigenvalue weighted by Crippen LogP contribution is 2.37. The van der Waals surface area contributed by atoms with Crippen LogP contribution in [0.5, 0.6) is 5.75 Å². The molecule has 1 heterocycles. The number of ether oxygens (including phenoxy) is 2. The Morgan fingerprint density at radius 3 is 2.21 bits per heavy atom. The van der Waals surface area contributed by atoms with Crippen LogP contribution in [0, 0.1) is 0 Å². The second-order valence-electron chi connectivity index (χ2n) is 10.8. The van der Waals surface area contributed by atoms with Crippen LogP contribution in [0.3, 0.4) is 0 Å². The average molecular weight is 467 g/mol. The number of rotatable bonds is 8. The molecule has 1 saturated heterocycles. The minimum Gasteiger partial charge on any atom is -0.493 e. The fraction of sp³-hybridized carbons (Fsp3) is 0.519. The Kier molecular flexibility index (Phi) is 7.80. The van der Waals surface area contributed by atoms with Gasteiger partial charge in [0.05, 0.1) is 11.2 Å². The van der Waals surface area contributed by atoms with E-state index in [1.54, 1.807) is 6.92 Å². The van der Waals surface area contributed by atoms with E-state index in [0.717, 1.165) is 16.6 Å². The van der Waals surface area contributed by atoms with Gasteiger partial charge in [0.2, 0.25) is 0 Å². The van der Waals surface area contributed by atoms with E-state index in [-0.39, 0.29) is 5.97 Å². The number of benzene rings is 2. The Morgan fingerprint density at radius 1 is 1.00 bits per heavy atom. The summed E-state index contributed by atoms with van der Waals surface area (Å²) in [4.78, 5) is 12.2. The van der Waals surface area contributed by atoms with Gasteiger partial charge in [-0.2, -0.15) is 0 Å². The lowest BCUT2D eigenvalue weighted by Gasteiger charge is -2.32. The molecule has 1 unspecified atom stereocenters. The van der Waals surface area contributed by atoms with E-state index >= 15 is 0 Å². The van der Waals surface area contributed by atoms with Gasteiger partial charge >= 0.3 is 13.1 Å². The van der Waals surface area contributed by atoms with Crippen LogP contribution in [-0.4, -0.2) is 49.1 Å². The first-order valence-corrected chi connectivity index (χ1v) is 11.9. The summed E-state index contributed by atoms with van der Waals surface area (Å²) in [6, 6.07) is 15.8. The Morgan fingerprint density at radius 2 is 1.62 bits per heavy atom. The van der Waals surface area contributed by atoms with Crippen molar-refractivity contribution in [1.82, 2.24) is 5.32 Å². The molecule has 2 aromatic rings. The van der Waals surface area contributed by atoms with Crippen LogP contribution in [0.25, 0.3) is 11.1 Å². The van der Waals surface area contributed by atoms with Gasteiger partial charge in [0.15, 0.2) is 0 Å². The van der Waals surface area contributed by atoms with E-state index in [9.17, 15) is 4.79 Å². The Hall–Kier alpha value is -2.35. The molecule has 0 radical (unpaired) electrons. The molecule has 6 nitrogen and oxygen atoms in total. The van der Waals surface area contributed by atoms with Crippen molar-refractivity contribution < 1.29 is 23.6 Å². The van der Waals surface area contributed by atoms with Crippen LogP contribution in [0.15, 0.2) is 48.5 Å². The van der Waals surface area contributed by atoms with Gasteiger partial charge in [-0.3, -0.25) is 4.79 Å². The maximum absolute atomic E-state index is 12.2. The van der Waals surface area contributed by atoms with Crippen molar-refractivity contribution in [2.75, 3.05) is 13.2 Å². The van der Waals surface area contributed by atoms with Crippen molar-refractivity contribution in [3.05, 3.63) is 48.5 Å². The highest BCUT2D eigenvalue weighted by Gasteiger charge is 2.52. The quantitative estimate of drug-likeness (QED) is 0.354. The topological polar surface area (TPSA) is 66.0 Å². The average Bonchev–Trinajstić information content (AvgIpc) is 2.97. The Labute approximate surface area is 204 Å². The first-order chi connectivity index (χ1) is 15.8. The molecule has 3 rings (SSSR count). The van der Waals surface area contributed by atoms with Gasteiger partial charge in [-0.25, -0.2) is 0 Å². The van der Waals surface area contributed by atoms with Crippen LogP contribution < -0.4 is 15.5 Å². The summed E-state index contributed by atoms with van der Waals surface area (Å²) in [5.74, 6) is 0.419. The maximum Gasteiger partial charge on any atom is 0.498 e. The van der Waals surface area contributed by atoms with Crippen molar-refractivity contribution in [2.24, 2.45) is 0 Å². The predicted octanol–water partition coefficient (Wildman–Crippen LogP) is 4.35. The maximum atomic E-state index is 12.2. The molecule has 0 aromatic heterocycles. The summed E-state index contributed by atoms with van der Waals surface area (Å²) in [5, 5.41) is 3.17. The standard InChI is InChI=1S/C27H38BNO5/c1-19(24(30)32-25(2,3)4)29-16-17-31-23-15-14-21(20-12-10-9-11-13-20)18-22(23)28-33-26(5,6)27(7,8)34-28/h9-15,18-19,29H,16-17H2,1-8H3. The van der Waals surface area contributed by atoms with Gasteiger partial charge in [0.1, 0.15) is 24.0 Å². The minimum absolute atomic E-state index is 0.280. The highest BCUT2D eigenvalue weighted by atomic mass is 16.7. The van der Waals surface area contributed by atoms with Gasteiger partial charge in [0, 0.05) is 12.0 Å². The molecule has 1 aliphatic heterocycles. The molecular weight excluding hydrogens is 429 g/mol. The third-order valence-corrected chi connectivity index (χ3v) is 6.19.